The second kappa shape index (κ2) is 4.42. The molecule has 0 fully saturated rings. The molecule has 0 spiro atoms. The van der Waals surface area contributed by atoms with Gasteiger partial charge in [-0.15, -0.1) is 11.3 Å². The van der Waals surface area contributed by atoms with Gasteiger partial charge in [-0.2, -0.15) is 0 Å². The van der Waals surface area contributed by atoms with Crippen LogP contribution in [0.15, 0.2) is 12.1 Å². The predicted octanol–water partition coefficient (Wildman–Crippen LogP) is 2.73. The molecule has 0 unspecified atom stereocenters. The first-order valence-electron chi connectivity index (χ1n) is 4.30. The van der Waals surface area contributed by atoms with Crippen LogP contribution in [0.1, 0.15) is 28.4 Å². The van der Waals surface area contributed by atoms with Crippen LogP contribution >= 0.6 is 11.3 Å². The summed E-state index contributed by atoms with van der Waals surface area (Å²) in [5, 5.41) is 0. The van der Waals surface area contributed by atoms with Gasteiger partial charge < -0.3 is 4.74 Å². The van der Waals surface area contributed by atoms with Crippen molar-refractivity contribution in [3.63, 3.8) is 0 Å². The number of esters is 1. The van der Waals surface area contributed by atoms with Crippen molar-refractivity contribution >= 4 is 17.3 Å². The van der Waals surface area contributed by atoms with Gasteiger partial charge in [0.2, 0.25) is 0 Å². The summed E-state index contributed by atoms with van der Waals surface area (Å²) in [5.74, 6) is 0.393. The van der Waals surface area contributed by atoms with Gasteiger partial charge in [-0.3, -0.25) is 0 Å². The zero-order valence-corrected chi connectivity index (χ0v) is 8.98. The lowest BCUT2D eigenvalue weighted by molar-refractivity contribution is 0.0606. The Morgan fingerprint density at radius 1 is 1.54 bits per heavy atom. The topological polar surface area (TPSA) is 26.3 Å². The molecule has 3 heteroatoms. The second-order valence-electron chi connectivity index (χ2n) is 3.36. The number of carbonyl (C=O) groups is 1. The summed E-state index contributed by atoms with van der Waals surface area (Å²) >= 11 is 1.52. The Morgan fingerprint density at radius 2 is 2.23 bits per heavy atom. The van der Waals surface area contributed by atoms with Gasteiger partial charge in [-0.25, -0.2) is 4.79 Å². The van der Waals surface area contributed by atoms with Crippen molar-refractivity contribution in [1.29, 1.82) is 0 Å². The molecule has 0 bridgehead atoms. The average Bonchev–Trinajstić information content (AvgIpc) is 2.50. The van der Waals surface area contributed by atoms with Crippen molar-refractivity contribution in [1.82, 2.24) is 0 Å². The van der Waals surface area contributed by atoms with Gasteiger partial charge in [-0.1, -0.05) is 13.8 Å². The number of hydrogen-bond donors (Lipinski definition) is 0. The Bertz CT molecular complexity index is 289. The quantitative estimate of drug-likeness (QED) is 0.698. The first kappa shape index (κ1) is 10.3. The molecule has 1 rings (SSSR count). The minimum atomic E-state index is -0.236. The largest absolute Gasteiger partial charge is 0.465 e. The van der Waals surface area contributed by atoms with E-state index in [1.807, 2.05) is 12.1 Å². The van der Waals surface area contributed by atoms with Crippen molar-refractivity contribution < 1.29 is 9.53 Å². The molecule has 0 radical (unpaired) electrons. The molecule has 13 heavy (non-hydrogen) atoms. The van der Waals surface area contributed by atoms with E-state index in [1.165, 1.54) is 23.3 Å². The third-order valence-electron chi connectivity index (χ3n) is 1.66. The van der Waals surface area contributed by atoms with Gasteiger partial charge in [0.15, 0.2) is 0 Å². The Labute approximate surface area is 82.5 Å². The predicted molar refractivity (Wildman–Crippen MR) is 54.2 cm³/mol. The summed E-state index contributed by atoms with van der Waals surface area (Å²) in [6, 6.07) is 3.82. The van der Waals surface area contributed by atoms with E-state index in [2.05, 4.69) is 18.6 Å². The van der Waals surface area contributed by atoms with Crippen LogP contribution < -0.4 is 0 Å². The summed E-state index contributed by atoms with van der Waals surface area (Å²) in [4.78, 5) is 13.0. The van der Waals surface area contributed by atoms with E-state index < -0.39 is 0 Å². The van der Waals surface area contributed by atoms with E-state index in [1.54, 1.807) is 0 Å². The van der Waals surface area contributed by atoms with E-state index in [0.29, 0.717) is 10.8 Å². The third kappa shape index (κ3) is 2.84. The van der Waals surface area contributed by atoms with E-state index in [-0.39, 0.29) is 5.97 Å². The number of carbonyl (C=O) groups excluding carboxylic acids is 1. The number of ether oxygens (including phenoxy) is 1. The normalized spacial score (nSPS) is 10.5. The first-order chi connectivity index (χ1) is 6.13. The highest BCUT2D eigenvalue weighted by atomic mass is 32.1. The fraction of sp³-hybridized carbons (Fsp3) is 0.500. The lowest BCUT2D eigenvalue weighted by atomic mass is 10.1. The van der Waals surface area contributed by atoms with Gasteiger partial charge in [0.25, 0.3) is 0 Å². The van der Waals surface area contributed by atoms with Crippen molar-refractivity contribution in [2.75, 3.05) is 7.11 Å². The molecule has 0 amide bonds. The van der Waals surface area contributed by atoms with E-state index in [9.17, 15) is 4.79 Å². The van der Waals surface area contributed by atoms with E-state index in [0.717, 1.165) is 6.42 Å². The number of thiophene rings is 1. The maximum absolute atomic E-state index is 11.1. The summed E-state index contributed by atoms with van der Waals surface area (Å²) in [6.07, 6.45) is 1.03. The van der Waals surface area contributed by atoms with Crippen LogP contribution in [0, 0.1) is 5.92 Å². The lowest BCUT2D eigenvalue weighted by Crippen LogP contribution is -1.96. The highest BCUT2D eigenvalue weighted by Gasteiger charge is 2.09. The second-order valence-corrected chi connectivity index (χ2v) is 4.52. The summed E-state index contributed by atoms with van der Waals surface area (Å²) in [7, 11) is 1.41. The number of hydrogen-bond acceptors (Lipinski definition) is 3. The molecule has 1 aromatic heterocycles. The van der Waals surface area contributed by atoms with Crippen LogP contribution in [0.3, 0.4) is 0 Å². The SMILES string of the molecule is COC(=O)c1ccc(CC(C)C)s1. The van der Waals surface area contributed by atoms with Crippen LogP contribution in [0.25, 0.3) is 0 Å². The summed E-state index contributed by atoms with van der Waals surface area (Å²) in [5.41, 5.74) is 0. The van der Waals surface area contributed by atoms with Gasteiger partial charge in [0, 0.05) is 4.88 Å². The Morgan fingerprint density at radius 3 is 2.77 bits per heavy atom. The van der Waals surface area contributed by atoms with E-state index in [4.69, 9.17) is 0 Å². The molecule has 0 aliphatic carbocycles. The molecule has 0 saturated heterocycles. The van der Waals surface area contributed by atoms with Crippen molar-refractivity contribution in [2.24, 2.45) is 5.92 Å². The van der Waals surface area contributed by atoms with Crippen molar-refractivity contribution in [3.8, 4) is 0 Å². The molecule has 72 valence electrons. The smallest absolute Gasteiger partial charge is 0.348 e. The Kier molecular flexibility index (Phi) is 3.48. The molecule has 1 aromatic rings. The molecule has 0 aromatic carbocycles. The van der Waals surface area contributed by atoms with Crippen LogP contribution in [-0.2, 0) is 11.2 Å². The highest BCUT2D eigenvalue weighted by Crippen LogP contribution is 2.20. The maximum Gasteiger partial charge on any atom is 0.348 e. The van der Waals surface area contributed by atoms with Gasteiger partial charge in [-0.05, 0) is 24.5 Å². The summed E-state index contributed by atoms with van der Waals surface area (Å²) < 4.78 is 4.63. The van der Waals surface area contributed by atoms with Crippen LogP contribution in [0.4, 0.5) is 0 Å². The minimum absolute atomic E-state index is 0.236. The first-order valence-corrected chi connectivity index (χ1v) is 5.12. The molecule has 0 N–H and O–H groups in total. The molecule has 0 aliphatic rings. The standard InChI is InChI=1S/C10H14O2S/c1-7(2)6-8-4-5-9(13-8)10(11)12-3/h4-5,7H,6H2,1-3H3. The average molecular weight is 198 g/mol. The molecule has 1 heterocycles. The Hall–Kier alpha value is -0.830. The molecule has 0 atom stereocenters. The molecule has 0 aliphatic heterocycles. The van der Waals surface area contributed by atoms with Crippen LogP contribution in [0.5, 0.6) is 0 Å². The highest BCUT2D eigenvalue weighted by molar-refractivity contribution is 7.13. The van der Waals surface area contributed by atoms with Crippen LogP contribution in [0.2, 0.25) is 0 Å². The lowest BCUT2D eigenvalue weighted by Gasteiger charge is -1.99. The summed E-state index contributed by atoms with van der Waals surface area (Å²) in [6.45, 7) is 4.33. The monoisotopic (exact) mass is 198 g/mol. The molecular formula is C10H14O2S. The van der Waals surface area contributed by atoms with E-state index >= 15 is 0 Å². The fourth-order valence-corrected chi connectivity index (χ4v) is 2.24. The van der Waals surface area contributed by atoms with Crippen LogP contribution in [-0.4, -0.2) is 13.1 Å². The minimum Gasteiger partial charge on any atom is -0.465 e. The maximum atomic E-state index is 11.1. The molecular weight excluding hydrogens is 184 g/mol. The molecule has 0 saturated carbocycles. The van der Waals surface area contributed by atoms with Gasteiger partial charge in [0.1, 0.15) is 4.88 Å². The van der Waals surface area contributed by atoms with Gasteiger partial charge in [0.05, 0.1) is 7.11 Å². The fourth-order valence-electron chi connectivity index (χ4n) is 1.10. The van der Waals surface area contributed by atoms with Crippen molar-refractivity contribution in [2.45, 2.75) is 20.3 Å². The zero-order chi connectivity index (χ0) is 9.84. The van der Waals surface area contributed by atoms with Gasteiger partial charge >= 0.3 is 5.97 Å². The Balaban J connectivity index is 2.69. The number of methoxy groups -OCH3 is 1. The zero-order valence-electron chi connectivity index (χ0n) is 8.16. The number of rotatable bonds is 3. The van der Waals surface area contributed by atoms with Crippen molar-refractivity contribution in [3.05, 3.63) is 21.9 Å². The third-order valence-corrected chi connectivity index (χ3v) is 2.75. The molecule has 2 nitrogen and oxygen atoms in total.